The SMILES string of the molecule is COc1ccc(N2CCN(CCN3C4=NC5C(C(=O)NC(=O)N5C)N4C(C)=C3C)CC2)cc1. The van der Waals surface area contributed by atoms with Crippen molar-refractivity contribution in [2.45, 2.75) is 26.1 Å². The van der Waals surface area contributed by atoms with E-state index in [1.54, 1.807) is 14.2 Å². The summed E-state index contributed by atoms with van der Waals surface area (Å²) < 4.78 is 5.26. The number of ether oxygens (including phenoxy) is 1. The molecule has 0 aliphatic carbocycles. The number of piperazine rings is 1. The van der Waals surface area contributed by atoms with E-state index in [1.807, 2.05) is 24.0 Å². The van der Waals surface area contributed by atoms with E-state index in [4.69, 9.17) is 9.73 Å². The Hall–Kier alpha value is -3.27. The summed E-state index contributed by atoms with van der Waals surface area (Å²) in [7, 11) is 3.37. The molecule has 0 spiro atoms. The number of benzene rings is 1. The van der Waals surface area contributed by atoms with Crippen LogP contribution >= 0.6 is 0 Å². The third-order valence-corrected chi connectivity index (χ3v) is 7.22. The van der Waals surface area contributed by atoms with Crippen LogP contribution in [0.25, 0.3) is 0 Å². The first-order valence-corrected chi connectivity index (χ1v) is 11.4. The highest BCUT2D eigenvalue weighted by Gasteiger charge is 2.53. The Morgan fingerprint density at radius 2 is 1.73 bits per heavy atom. The molecule has 4 heterocycles. The fraction of sp³-hybridized carbons (Fsp3) is 0.522. The Balaban J connectivity index is 1.21. The summed E-state index contributed by atoms with van der Waals surface area (Å²) in [4.78, 5) is 40.0. The molecule has 33 heavy (non-hydrogen) atoms. The summed E-state index contributed by atoms with van der Waals surface area (Å²) in [6, 6.07) is 7.33. The molecule has 2 fully saturated rings. The lowest BCUT2D eigenvalue weighted by Gasteiger charge is -2.37. The number of methoxy groups -OCH3 is 1. The van der Waals surface area contributed by atoms with Crippen LogP contribution in [0.5, 0.6) is 5.75 Å². The summed E-state index contributed by atoms with van der Waals surface area (Å²) in [5, 5.41) is 2.44. The number of rotatable bonds is 5. The molecule has 0 bridgehead atoms. The number of amides is 3. The fourth-order valence-electron chi connectivity index (χ4n) is 5.06. The first kappa shape index (κ1) is 21.6. The number of imide groups is 1. The number of guanidine groups is 1. The number of nitrogens with zero attached hydrogens (tertiary/aromatic N) is 6. The number of fused-ring (bicyclic) bond motifs is 3. The zero-order valence-corrected chi connectivity index (χ0v) is 19.6. The maximum absolute atomic E-state index is 12.6. The van der Waals surface area contributed by atoms with E-state index < -0.39 is 18.2 Å². The number of carbonyl (C=O) groups is 2. The van der Waals surface area contributed by atoms with Gasteiger partial charge in [-0.05, 0) is 38.1 Å². The van der Waals surface area contributed by atoms with Gasteiger partial charge in [-0.15, -0.1) is 0 Å². The normalized spacial score (nSPS) is 25.4. The van der Waals surface area contributed by atoms with Crippen molar-refractivity contribution in [3.63, 3.8) is 0 Å². The Morgan fingerprint density at radius 3 is 2.39 bits per heavy atom. The number of hydrogen-bond acceptors (Lipinski definition) is 8. The van der Waals surface area contributed by atoms with E-state index in [2.05, 4.69) is 39.1 Å². The van der Waals surface area contributed by atoms with Crippen molar-refractivity contribution in [2.75, 3.05) is 58.3 Å². The van der Waals surface area contributed by atoms with Gasteiger partial charge in [-0.3, -0.25) is 19.9 Å². The topological polar surface area (TPSA) is 84.0 Å². The van der Waals surface area contributed by atoms with Crippen molar-refractivity contribution in [3.05, 3.63) is 35.7 Å². The zero-order chi connectivity index (χ0) is 23.3. The van der Waals surface area contributed by atoms with Crippen LogP contribution in [0.4, 0.5) is 10.5 Å². The minimum atomic E-state index is -0.504. The highest BCUT2D eigenvalue weighted by atomic mass is 16.5. The molecule has 4 aliphatic heterocycles. The van der Waals surface area contributed by atoms with Gasteiger partial charge < -0.3 is 19.4 Å². The summed E-state index contributed by atoms with van der Waals surface area (Å²) in [5.41, 5.74) is 3.35. The highest BCUT2D eigenvalue weighted by molar-refractivity contribution is 6.05. The van der Waals surface area contributed by atoms with Crippen molar-refractivity contribution in [3.8, 4) is 5.75 Å². The van der Waals surface area contributed by atoms with E-state index in [0.29, 0.717) is 0 Å². The van der Waals surface area contributed by atoms with E-state index >= 15 is 0 Å². The molecule has 1 aromatic rings. The van der Waals surface area contributed by atoms with Crippen LogP contribution < -0.4 is 15.0 Å². The summed E-state index contributed by atoms with van der Waals surface area (Å²) in [5.74, 6) is 1.36. The molecule has 1 N–H and O–H groups in total. The summed E-state index contributed by atoms with van der Waals surface area (Å²) in [6.45, 7) is 9.72. The van der Waals surface area contributed by atoms with E-state index in [9.17, 15) is 9.59 Å². The Labute approximate surface area is 194 Å². The first-order valence-electron chi connectivity index (χ1n) is 11.4. The van der Waals surface area contributed by atoms with Gasteiger partial charge in [0.2, 0.25) is 5.96 Å². The number of urea groups is 1. The molecule has 176 valence electrons. The van der Waals surface area contributed by atoms with Crippen molar-refractivity contribution in [2.24, 2.45) is 4.99 Å². The molecule has 1 aromatic carbocycles. The molecular weight excluding hydrogens is 422 g/mol. The van der Waals surface area contributed by atoms with Crippen LogP contribution in [-0.2, 0) is 4.79 Å². The number of aliphatic imine (C=N–C) groups is 1. The molecule has 2 unspecified atom stereocenters. The smallest absolute Gasteiger partial charge is 0.325 e. The monoisotopic (exact) mass is 453 g/mol. The predicted octanol–water partition coefficient (Wildman–Crippen LogP) is 0.932. The minimum absolute atomic E-state index is 0.287. The zero-order valence-electron chi connectivity index (χ0n) is 19.6. The van der Waals surface area contributed by atoms with E-state index in [-0.39, 0.29) is 5.91 Å². The molecule has 10 nitrogen and oxygen atoms in total. The first-order chi connectivity index (χ1) is 15.9. The van der Waals surface area contributed by atoms with Gasteiger partial charge >= 0.3 is 6.03 Å². The molecule has 0 saturated carbocycles. The lowest BCUT2D eigenvalue weighted by atomic mass is 10.1. The molecule has 2 atom stereocenters. The largest absolute Gasteiger partial charge is 0.497 e. The lowest BCUT2D eigenvalue weighted by molar-refractivity contribution is -0.126. The quantitative estimate of drug-likeness (QED) is 0.710. The third-order valence-electron chi connectivity index (χ3n) is 7.22. The highest BCUT2D eigenvalue weighted by Crippen LogP contribution is 2.36. The predicted molar refractivity (Wildman–Crippen MR) is 125 cm³/mol. The van der Waals surface area contributed by atoms with Crippen molar-refractivity contribution in [1.29, 1.82) is 0 Å². The van der Waals surface area contributed by atoms with Gasteiger partial charge in [0.05, 0.1) is 7.11 Å². The van der Waals surface area contributed by atoms with Crippen molar-refractivity contribution >= 4 is 23.6 Å². The molecule has 4 aliphatic rings. The second-order valence-corrected chi connectivity index (χ2v) is 8.91. The van der Waals surface area contributed by atoms with Crippen LogP contribution in [-0.4, -0.2) is 103 Å². The fourth-order valence-corrected chi connectivity index (χ4v) is 5.06. The molecule has 0 radical (unpaired) electrons. The summed E-state index contributed by atoms with van der Waals surface area (Å²) >= 11 is 0. The number of hydrogen-bond donors (Lipinski definition) is 1. The molecule has 3 amide bonds. The molecule has 5 rings (SSSR count). The number of anilines is 1. The average molecular weight is 454 g/mol. The van der Waals surface area contributed by atoms with Crippen molar-refractivity contribution in [1.82, 2.24) is 24.9 Å². The number of likely N-dealkylation sites (N-methyl/N-ethyl adjacent to an activating group) is 1. The van der Waals surface area contributed by atoms with Gasteiger partial charge in [0.15, 0.2) is 12.2 Å². The van der Waals surface area contributed by atoms with Gasteiger partial charge in [0.1, 0.15) is 5.75 Å². The van der Waals surface area contributed by atoms with E-state index in [0.717, 1.165) is 62.4 Å². The van der Waals surface area contributed by atoms with Crippen LogP contribution in [0, 0.1) is 0 Å². The van der Waals surface area contributed by atoms with Crippen LogP contribution in [0.1, 0.15) is 13.8 Å². The van der Waals surface area contributed by atoms with Crippen LogP contribution in [0.3, 0.4) is 0 Å². The third kappa shape index (κ3) is 3.58. The van der Waals surface area contributed by atoms with Gasteiger partial charge in [-0.1, -0.05) is 0 Å². The van der Waals surface area contributed by atoms with Gasteiger partial charge in [0, 0.05) is 63.4 Å². The van der Waals surface area contributed by atoms with Crippen LogP contribution in [0.15, 0.2) is 40.7 Å². The molecule has 10 heteroatoms. The van der Waals surface area contributed by atoms with Gasteiger partial charge in [-0.25, -0.2) is 9.79 Å². The van der Waals surface area contributed by atoms with Gasteiger partial charge in [-0.2, -0.15) is 0 Å². The van der Waals surface area contributed by atoms with Crippen LogP contribution in [0.2, 0.25) is 0 Å². The molecule has 2 saturated heterocycles. The van der Waals surface area contributed by atoms with Crippen molar-refractivity contribution < 1.29 is 14.3 Å². The Morgan fingerprint density at radius 1 is 1.03 bits per heavy atom. The number of nitrogens with one attached hydrogen (secondary N) is 1. The minimum Gasteiger partial charge on any atom is -0.497 e. The molecular formula is C23H31N7O3. The maximum atomic E-state index is 12.6. The Bertz CT molecular complexity index is 1010. The summed E-state index contributed by atoms with van der Waals surface area (Å²) in [6.07, 6.45) is -0.486. The average Bonchev–Trinajstić information content (AvgIpc) is 3.33. The van der Waals surface area contributed by atoms with E-state index in [1.165, 1.54) is 10.6 Å². The number of allylic oxidation sites excluding steroid dienone is 2. The second kappa shape index (κ2) is 8.26. The lowest BCUT2D eigenvalue weighted by Crippen LogP contribution is -2.63. The number of carbonyl (C=O) groups excluding carboxylic acids is 2. The maximum Gasteiger partial charge on any atom is 0.325 e. The standard InChI is InChI=1S/C23H31N7O3/c1-15-16(2)30-19-20(26(3)23(32)25-21(19)31)24-22(30)29(15)14-11-27-9-12-28(13-10-27)17-5-7-18(33-4)8-6-17/h5-8,19-20H,9-14H2,1-4H3,(H,25,31,32). The molecule has 0 aromatic heterocycles. The Kier molecular flexibility index (Phi) is 5.40. The second-order valence-electron chi connectivity index (χ2n) is 8.91. The van der Waals surface area contributed by atoms with Gasteiger partial charge in [0.25, 0.3) is 5.91 Å².